The first kappa shape index (κ1) is 15.6. The molecule has 0 spiro atoms. The van der Waals surface area contributed by atoms with Gasteiger partial charge in [-0.1, -0.05) is 6.92 Å². The van der Waals surface area contributed by atoms with Gasteiger partial charge < -0.3 is 9.64 Å². The van der Waals surface area contributed by atoms with Crippen LogP contribution in [0.4, 0.5) is 0 Å². The second-order valence-electron chi connectivity index (χ2n) is 6.02. The number of rotatable bonds is 3. The van der Waals surface area contributed by atoms with E-state index in [-0.39, 0.29) is 5.91 Å². The number of likely N-dealkylation sites (tertiary alicyclic amines) is 1. The highest BCUT2D eigenvalue weighted by atomic mass is 16.5. The van der Waals surface area contributed by atoms with Gasteiger partial charge in [0.1, 0.15) is 5.75 Å². The van der Waals surface area contributed by atoms with Crippen LogP contribution in [-0.2, 0) is 4.79 Å². The molecule has 0 N–H and O–H groups in total. The Morgan fingerprint density at radius 2 is 1.81 bits per heavy atom. The van der Waals surface area contributed by atoms with E-state index in [0.29, 0.717) is 0 Å². The van der Waals surface area contributed by atoms with Crippen molar-refractivity contribution in [3.8, 4) is 5.75 Å². The van der Waals surface area contributed by atoms with Gasteiger partial charge in [0.2, 0.25) is 5.91 Å². The van der Waals surface area contributed by atoms with Crippen molar-refractivity contribution in [2.45, 2.75) is 33.6 Å². The SMILES string of the molecule is COc1cc(C)c(/C=C/C(=O)N2CCC(C)CC2)c(C)c1. The van der Waals surface area contributed by atoms with Crippen molar-refractivity contribution in [1.82, 2.24) is 4.90 Å². The Morgan fingerprint density at radius 3 is 2.33 bits per heavy atom. The van der Waals surface area contributed by atoms with E-state index in [9.17, 15) is 4.79 Å². The maximum atomic E-state index is 12.2. The Hall–Kier alpha value is -1.77. The van der Waals surface area contributed by atoms with Gasteiger partial charge in [-0.3, -0.25) is 4.79 Å². The number of hydrogen-bond acceptors (Lipinski definition) is 2. The van der Waals surface area contributed by atoms with Gasteiger partial charge in [-0.2, -0.15) is 0 Å². The average molecular weight is 287 g/mol. The van der Waals surface area contributed by atoms with Crippen LogP contribution in [0.1, 0.15) is 36.5 Å². The van der Waals surface area contributed by atoms with Gasteiger partial charge in [0.25, 0.3) is 0 Å². The lowest BCUT2D eigenvalue weighted by molar-refractivity contribution is -0.127. The molecule has 114 valence electrons. The minimum Gasteiger partial charge on any atom is -0.497 e. The van der Waals surface area contributed by atoms with Crippen LogP contribution in [0.3, 0.4) is 0 Å². The zero-order valence-corrected chi connectivity index (χ0v) is 13.5. The van der Waals surface area contributed by atoms with Gasteiger partial charge in [0, 0.05) is 19.2 Å². The lowest BCUT2D eigenvalue weighted by Gasteiger charge is -2.29. The topological polar surface area (TPSA) is 29.5 Å². The fourth-order valence-electron chi connectivity index (χ4n) is 2.80. The van der Waals surface area contributed by atoms with Gasteiger partial charge >= 0.3 is 0 Å². The second-order valence-corrected chi connectivity index (χ2v) is 6.02. The van der Waals surface area contributed by atoms with Crippen molar-refractivity contribution in [1.29, 1.82) is 0 Å². The number of piperidine rings is 1. The average Bonchev–Trinajstić information content (AvgIpc) is 2.46. The molecule has 2 rings (SSSR count). The Kier molecular flexibility index (Phi) is 5.05. The quantitative estimate of drug-likeness (QED) is 0.795. The Morgan fingerprint density at radius 1 is 1.24 bits per heavy atom. The summed E-state index contributed by atoms with van der Waals surface area (Å²) >= 11 is 0. The standard InChI is InChI=1S/C18H25NO2/c1-13-7-9-19(10-8-13)18(20)6-5-17-14(2)11-16(21-4)12-15(17)3/h5-6,11-13H,7-10H2,1-4H3/b6-5+. The van der Waals surface area contributed by atoms with Crippen molar-refractivity contribution in [2.75, 3.05) is 20.2 Å². The first-order valence-electron chi connectivity index (χ1n) is 7.63. The zero-order valence-electron chi connectivity index (χ0n) is 13.5. The van der Waals surface area contributed by atoms with Gasteiger partial charge in [-0.25, -0.2) is 0 Å². The van der Waals surface area contributed by atoms with Crippen LogP contribution >= 0.6 is 0 Å². The normalized spacial score (nSPS) is 16.5. The monoisotopic (exact) mass is 287 g/mol. The number of carbonyl (C=O) groups excluding carboxylic acids is 1. The zero-order chi connectivity index (χ0) is 15.4. The minimum atomic E-state index is 0.122. The molecule has 3 heteroatoms. The molecule has 0 aromatic heterocycles. The molecule has 0 saturated carbocycles. The molecule has 1 aromatic carbocycles. The molecular formula is C18H25NO2. The molecule has 0 radical (unpaired) electrons. The predicted octanol–water partition coefficient (Wildman–Crippen LogP) is 3.58. The first-order chi connectivity index (χ1) is 10.0. The summed E-state index contributed by atoms with van der Waals surface area (Å²) in [5.74, 6) is 1.72. The maximum absolute atomic E-state index is 12.2. The molecule has 21 heavy (non-hydrogen) atoms. The highest BCUT2D eigenvalue weighted by molar-refractivity contribution is 5.92. The Balaban J connectivity index is 2.09. The van der Waals surface area contributed by atoms with E-state index < -0.39 is 0 Å². The summed E-state index contributed by atoms with van der Waals surface area (Å²) in [6.07, 6.45) is 5.86. The van der Waals surface area contributed by atoms with Gasteiger partial charge in [0.05, 0.1) is 7.11 Å². The molecule has 1 aliphatic heterocycles. The van der Waals surface area contributed by atoms with Crippen molar-refractivity contribution in [3.05, 3.63) is 34.9 Å². The molecular weight excluding hydrogens is 262 g/mol. The molecule has 0 bridgehead atoms. The number of ether oxygens (including phenoxy) is 1. The van der Waals surface area contributed by atoms with E-state index in [1.807, 2.05) is 37.0 Å². The maximum Gasteiger partial charge on any atom is 0.246 e. The van der Waals surface area contributed by atoms with E-state index in [1.165, 1.54) is 0 Å². The van der Waals surface area contributed by atoms with Crippen molar-refractivity contribution in [3.63, 3.8) is 0 Å². The first-order valence-corrected chi connectivity index (χ1v) is 7.63. The predicted molar refractivity (Wildman–Crippen MR) is 86.5 cm³/mol. The highest BCUT2D eigenvalue weighted by Gasteiger charge is 2.18. The summed E-state index contributed by atoms with van der Waals surface area (Å²) in [5.41, 5.74) is 3.36. The summed E-state index contributed by atoms with van der Waals surface area (Å²) in [4.78, 5) is 14.2. The van der Waals surface area contributed by atoms with Gasteiger partial charge in [0.15, 0.2) is 0 Å². The van der Waals surface area contributed by atoms with E-state index in [4.69, 9.17) is 4.74 Å². The molecule has 0 atom stereocenters. The number of nitrogens with zero attached hydrogens (tertiary/aromatic N) is 1. The number of hydrogen-bond donors (Lipinski definition) is 0. The van der Waals surface area contributed by atoms with Crippen molar-refractivity contribution >= 4 is 12.0 Å². The summed E-state index contributed by atoms with van der Waals surface area (Å²) < 4.78 is 5.26. The van der Waals surface area contributed by atoms with Crippen LogP contribution in [0.15, 0.2) is 18.2 Å². The van der Waals surface area contributed by atoms with Crippen LogP contribution in [0.25, 0.3) is 6.08 Å². The molecule has 1 aliphatic rings. The van der Waals surface area contributed by atoms with E-state index in [2.05, 4.69) is 6.92 Å². The number of methoxy groups -OCH3 is 1. The molecule has 0 aliphatic carbocycles. The fourth-order valence-corrected chi connectivity index (χ4v) is 2.80. The van der Waals surface area contributed by atoms with Crippen molar-refractivity contribution in [2.24, 2.45) is 5.92 Å². The number of carbonyl (C=O) groups is 1. The lowest BCUT2D eigenvalue weighted by atomic mass is 9.99. The molecule has 1 fully saturated rings. The van der Waals surface area contributed by atoms with E-state index in [0.717, 1.165) is 54.3 Å². The van der Waals surface area contributed by atoms with Crippen LogP contribution in [0, 0.1) is 19.8 Å². The number of benzene rings is 1. The van der Waals surface area contributed by atoms with Crippen LogP contribution in [0.2, 0.25) is 0 Å². The highest BCUT2D eigenvalue weighted by Crippen LogP contribution is 2.23. The molecule has 1 saturated heterocycles. The lowest BCUT2D eigenvalue weighted by Crippen LogP contribution is -2.36. The largest absolute Gasteiger partial charge is 0.497 e. The molecule has 1 amide bonds. The van der Waals surface area contributed by atoms with E-state index >= 15 is 0 Å². The van der Waals surface area contributed by atoms with Crippen LogP contribution < -0.4 is 4.74 Å². The summed E-state index contributed by atoms with van der Waals surface area (Å²) in [6, 6.07) is 4.00. The fraction of sp³-hybridized carbons (Fsp3) is 0.500. The molecule has 3 nitrogen and oxygen atoms in total. The summed E-state index contributed by atoms with van der Waals surface area (Å²) in [7, 11) is 1.67. The third-order valence-corrected chi connectivity index (χ3v) is 4.29. The third-order valence-electron chi connectivity index (χ3n) is 4.29. The smallest absolute Gasteiger partial charge is 0.246 e. The third kappa shape index (κ3) is 3.87. The number of aryl methyl sites for hydroxylation is 2. The van der Waals surface area contributed by atoms with Crippen LogP contribution in [-0.4, -0.2) is 31.0 Å². The van der Waals surface area contributed by atoms with E-state index in [1.54, 1.807) is 13.2 Å². The molecule has 1 heterocycles. The summed E-state index contributed by atoms with van der Waals surface area (Å²) in [5, 5.41) is 0. The summed E-state index contributed by atoms with van der Waals surface area (Å²) in [6.45, 7) is 8.10. The number of amides is 1. The van der Waals surface area contributed by atoms with Gasteiger partial charge in [-0.15, -0.1) is 0 Å². The second kappa shape index (κ2) is 6.79. The van der Waals surface area contributed by atoms with Crippen molar-refractivity contribution < 1.29 is 9.53 Å². The molecule has 0 unspecified atom stereocenters. The van der Waals surface area contributed by atoms with Gasteiger partial charge in [-0.05, 0) is 67.5 Å². The Labute approximate surface area is 127 Å². The minimum absolute atomic E-state index is 0.122. The van der Waals surface area contributed by atoms with Crippen LogP contribution in [0.5, 0.6) is 5.75 Å². The Bertz CT molecular complexity index is 517. The molecule has 1 aromatic rings.